The van der Waals surface area contributed by atoms with Gasteiger partial charge in [0.1, 0.15) is 12.6 Å². The molecule has 1 saturated carbocycles. The number of sulfonamides is 1. The van der Waals surface area contributed by atoms with Crippen molar-refractivity contribution in [3.63, 3.8) is 0 Å². The van der Waals surface area contributed by atoms with Crippen molar-refractivity contribution >= 4 is 39.1 Å². The number of nitrogens with zero attached hydrogens (tertiary/aromatic N) is 2. The summed E-state index contributed by atoms with van der Waals surface area (Å²) in [4.78, 5) is 30.6. The van der Waals surface area contributed by atoms with Crippen LogP contribution in [-0.4, -0.2) is 58.0 Å². The quantitative estimate of drug-likeness (QED) is 0.151. The highest BCUT2D eigenvalue weighted by molar-refractivity contribution is 7.92. The second-order valence-corrected chi connectivity index (χ2v) is 14.9. The number of methoxy groups -OCH3 is 2. The van der Waals surface area contributed by atoms with Crippen molar-refractivity contribution in [3.05, 3.63) is 119 Å². The van der Waals surface area contributed by atoms with E-state index < -0.39 is 28.5 Å². The number of anilines is 1. The number of amides is 2. The molecule has 0 saturated heterocycles. The number of ether oxygens (including phenoxy) is 2. The number of hydrogen-bond donors (Lipinski definition) is 1. The Morgan fingerprint density at radius 2 is 1.52 bits per heavy atom. The number of carbonyl (C=O) groups is 2. The summed E-state index contributed by atoms with van der Waals surface area (Å²) in [5, 5.41) is 3.71. The van der Waals surface area contributed by atoms with Crippen molar-refractivity contribution in [2.75, 3.05) is 25.1 Å². The van der Waals surface area contributed by atoms with E-state index in [-0.39, 0.29) is 35.5 Å². The Bertz CT molecular complexity index is 1860. The van der Waals surface area contributed by atoms with Gasteiger partial charge in [0.2, 0.25) is 11.8 Å². The molecule has 0 heterocycles. The lowest BCUT2D eigenvalue weighted by atomic mass is 9.94. The molecule has 0 aliphatic heterocycles. The van der Waals surface area contributed by atoms with Gasteiger partial charge in [-0.3, -0.25) is 13.9 Å². The van der Waals surface area contributed by atoms with E-state index in [0.717, 1.165) is 47.5 Å². The van der Waals surface area contributed by atoms with Crippen LogP contribution in [0, 0.1) is 6.92 Å². The van der Waals surface area contributed by atoms with Crippen LogP contribution in [0.4, 0.5) is 5.69 Å². The molecule has 1 fully saturated rings. The largest absolute Gasteiger partial charge is 0.493 e. The number of rotatable bonds is 14. The molecule has 0 bridgehead atoms. The molecule has 11 heteroatoms. The van der Waals surface area contributed by atoms with E-state index in [2.05, 4.69) is 5.32 Å². The van der Waals surface area contributed by atoms with E-state index in [1.165, 1.54) is 37.3 Å². The van der Waals surface area contributed by atoms with Crippen LogP contribution < -0.4 is 19.1 Å². The summed E-state index contributed by atoms with van der Waals surface area (Å²) in [7, 11) is -1.34. The van der Waals surface area contributed by atoms with Gasteiger partial charge in [-0.15, -0.1) is 0 Å². The fraction of sp³-hybridized carbons (Fsp3) is 0.333. The van der Waals surface area contributed by atoms with E-state index >= 15 is 0 Å². The number of halogens is 1. The standard InChI is InChI=1S/C39H44ClN3O6S/c1-28-17-20-34(21-18-28)50(46,47)43(33-19-22-36(48-2)37(25-33)49-3)27-38(44)42(26-30-13-10-14-31(40)23-30)35(24-29-11-6-4-7-12-29)39(45)41-32-15-8-5-9-16-32/h4,6-7,10-14,17-23,25,32,35H,5,8-9,15-16,24,26-27H2,1-3H3,(H,41,45)/t35-/m0/s1. The molecule has 0 radical (unpaired) electrons. The molecule has 264 valence electrons. The molecule has 4 aromatic rings. The maximum absolute atomic E-state index is 14.8. The number of nitrogens with one attached hydrogen (secondary N) is 1. The first kappa shape index (κ1) is 36.7. The molecular weight excluding hydrogens is 674 g/mol. The van der Waals surface area contributed by atoms with Crippen LogP contribution in [-0.2, 0) is 32.6 Å². The Labute approximate surface area is 300 Å². The molecule has 4 aromatic carbocycles. The van der Waals surface area contributed by atoms with Gasteiger partial charge in [-0.2, -0.15) is 0 Å². The highest BCUT2D eigenvalue weighted by Gasteiger charge is 2.35. The zero-order valence-corrected chi connectivity index (χ0v) is 30.3. The summed E-state index contributed by atoms with van der Waals surface area (Å²) < 4.78 is 40.8. The van der Waals surface area contributed by atoms with E-state index in [4.69, 9.17) is 21.1 Å². The van der Waals surface area contributed by atoms with Gasteiger partial charge in [0.15, 0.2) is 11.5 Å². The maximum atomic E-state index is 14.8. The lowest BCUT2D eigenvalue weighted by Gasteiger charge is -2.35. The summed E-state index contributed by atoms with van der Waals surface area (Å²) in [5.74, 6) is -0.142. The smallest absolute Gasteiger partial charge is 0.264 e. The minimum Gasteiger partial charge on any atom is -0.493 e. The van der Waals surface area contributed by atoms with Gasteiger partial charge >= 0.3 is 0 Å². The molecule has 0 aromatic heterocycles. The maximum Gasteiger partial charge on any atom is 0.264 e. The fourth-order valence-corrected chi connectivity index (χ4v) is 7.90. The van der Waals surface area contributed by atoms with Crippen molar-refractivity contribution in [2.24, 2.45) is 0 Å². The summed E-state index contributed by atoms with van der Waals surface area (Å²) in [6.07, 6.45) is 5.14. The SMILES string of the molecule is COc1ccc(N(CC(=O)N(Cc2cccc(Cl)c2)[C@@H](Cc2ccccc2)C(=O)NC2CCCCC2)S(=O)(=O)c2ccc(C)cc2)cc1OC. The minimum absolute atomic E-state index is 0.00261. The van der Waals surface area contributed by atoms with Crippen molar-refractivity contribution in [1.82, 2.24) is 10.2 Å². The predicted molar refractivity (Wildman–Crippen MR) is 196 cm³/mol. The van der Waals surface area contributed by atoms with E-state index in [0.29, 0.717) is 22.1 Å². The second kappa shape index (κ2) is 16.9. The molecular formula is C39H44ClN3O6S. The molecule has 0 unspecified atom stereocenters. The van der Waals surface area contributed by atoms with Crippen LogP contribution in [0.15, 0.2) is 102 Å². The zero-order chi connectivity index (χ0) is 35.7. The average Bonchev–Trinajstić information content (AvgIpc) is 3.12. The molecule has 0 spiro atoms. The van der Waals surface area contributed by atoms with Gasteiger partial charge in [-0.1, -0.05) is 91.0 Å². The normalized spacial score (nSPS) is 14.0. The topological polar surface area (TPSA) is 105 Å². The van der Waals surface area contributed by atoms with Crippen LogP contribution in [0.2, 0.25) is 5.02 Å². The average molecular weight is 718 g/mol. The highest BCUT2D eigenvalue weighted by atomic mass is 35.5. The lowest BCUT2D eigenvalue weighted by Crippen LogP contribution is -2.55. The van der Waals surface area contributed by atoms with Crippen LogP contribution in [0.5, 0.6) is 11.5 Å². The summed E-state index contributed by atoms with van der Waals surface area (Å²) >= 11 is 6.37. The molecule has 1 N–H and O–H groups in total. The lowest BCUT2D eigenvalue weighted by molar-refractivity contribution is -0.140. The number of aryl methyl sites for hydroxylation is 1. The van der Waals surface area contributed by atoms with Crippen molar-refractivity contribution < 1.29 is 27.5 Å². The molecule has 1 aliphatic carbocycles. The van der Waals surface area contributed by atoms with Crippen LogP contribution in [0.25, 0.3) is 0 Å². The summed E-state index contributed by atoms with van der Waals surface area (Å²) in [6, 6.07) is 26.8. The molecule has 1 aliphatic rings. The Kier molecular flexibility index (Phi) is 12.4. The summed E-state index contributed by atoms with van der Waals surface area (Å²) in [5.41, 5.74) is 2.65. The number of carbonyl (C=O) groups excluding carboxylic acids is 2. The highest BCUT2D eigenvalue weighted by Crippen LogP contribution is 2.34. The monoisotopic (exact) mass is 717 g/mol. The minimum atomic E-state index is -4.28. The molecule has 50 heavy (non-hydrogen) atoms. The fourth-order valence-electron chi connectivity index (χ4n) is 6.28. The van der Waals surface area contributed by atoms with Gasteiger partial charge in [0, 0.05) is 30.1 Å². The van der Waals surface area contributed by atoms with E-state index in [9.17, 15) is 18.0 Å². The Balaban J connectivity index is 1.59. The first-order valence-electron chi connectivity index (χ1n) is 16.8. The third-order valence-electron chi connectivity index (χ3n) is 9.01. The van der Waals surface area contributed by atoms with E-state index in [1.54, 1.807) is 42.5 Å². The van der Waals surface area contributed by atoms with Crippen molar-refractivity contribution in [2.45, 2.75) is 69.0 Å². The van der Waals surface area contributed by atoms with Crippen LogP contribution in [0.3, 0.4) is 0 Å². The first-order valence-corrected chi connectivity index (χ1v) is 18.6. The van der Waals surface area contributed by atoms with Gasteiger partial charge in [-0.05, 0) is 67.3 Å². The van der Waals surface area contributed by atoms with Crippen LogP contribution in [0.1, 0.15) is 48.8 Å². The van der Waals surface area contributed by atoms with Gasteiger partial charge in [-0.25, -0.2) is 8.42 Å². The van der Waals surface area contributed by atoms with Crippen molar-refractivity contribution in [1.29, 1.82) is 0 Å². The Hall–Kier alpha value is -4.54. The van der Waals surface area contributed by atoms with Crippen molar-refractivity contribution in [3.8, 4) is 11.5 Å². The third kappa shape index (κ3) is 9.17. The Morgan fingerprint density at radius 3 is 2.18 bits per heavy atom. The van der Waals surface area contributed by atoms with E-state index in [1.807, 2.05) is 43.3 Å². The molecule has 5 rings (SSSR count). The third-order valence-corrected chi connectivity index (χ3v) is 11.0. The summed E-state index contributed by atoms with van der Waals surface area (Å²) in [6.45, 7) is 1.30. The molecule has 2 amide bonds. The van der Waals surface area contributed by atoms with Gasteiger partial charge < -0.3 is 19.7 Å². The zero-order valence-electron chi connectivity index (χ0n) is 28.7. The van der Waals surface area contributed by atoms with Gasteiger partial charge in [0.25, 0.3) is 10.0 Å². The molecule has 1 atom stereocenters. The predicted octanol–water partition coefficient (Wildman–Crippen LogP) is 6.95. The number of benzene rings is 4. The first-order chi connectivity index (χ1) is 24.1. The Morgan fingerprint density at radius 1 is 0.840 bits per heavy atom. The second-order valence-electron chi connectivity index (χ2n) is 12.6. The number of hydrogen-bond acceptors (Lipinski definition) is 6. The van der Waals surface area contributed by atoms with Gasteiger partial charge in [0.05, 0.1) is 24.8 Å². The molecule has 9 nitrogen and oxygen atoms in total. The van der Waals surface area contributed by atoms with Crippen LogP contribution >= 0.6 is 11.6 Å².